The van der Waals surface area contributed by atoms with Crippen LogP contribution in [-0.2, 0) is 0 Å². The maximum atomic E-state index is 12.3. The Bertz CT molecular complexity index is 2260. The number of fused-ring (bicyclic) bond motifs is 2. The average Bonchev–Trinajstić information content (AvgIpc) is 3.60. The fourth-order valence-electron chi connectivity index (χ4n) is 6.37. The van der Waals surface area contributed by atoms with Gasteiger partial charge in [-0.1, -0.05) is 146 Å². The summed E-state index contributed by atoms with van der Waals surface area (Å²) in [4.78, 5) is 5.54. The lowest BCUT2D eigenvalue weighted by atomic mass is 9.84. The molecule has 0 aliphatic heterocycles. The summed E-state index contributed by atoms with van der Waals surface area (Å²) >= 11 is 1.56. The molecule has 1 N–H and O–H groups in total. The van der Waals surface area contributed by atoms with E-state index >= 15 is 0 Å². The topological polar surface area (TPSA) is 33.1 Å². The van der Waals surface area contributed by atoms with Gasteiger partial charge in [-0.2, -0.15) is 0 Å². The van der Waals surface area contributed by atoms with Gasteiger partial charge in [0.05, 0.1) is 21.7 Å². The highest BCUT2D eigenvalue weighted by atomic mass is 32.1. The van der Waals surface area contributed by atoms with Gasteiger partial charge in [-0.25, -0.2) is 4.98 Å². The van der Waals surface area contributed by atoms with E-state index in [2.05, 4.69) is 133 Å². The van der Waals surface area contributed by atoms with Crippen LogP contribution in [0.4, 0.5) is 0 Å². The third-order valence-electron chi connectivity index (χ3n) is 8.27. The van der Waals surface area contributed by atoms with Crippen LogP contribution in [0.1, 0.15) is 0 Å². The van der Waals surface area contributed by atoms with Crippen molar-refractivity contribution in [2.45, 2.75) is 0 Å². The van der Waals surface area contributed by atoms with Crippen LogP contribution < -0.4 is 0 Å². The highest BCUT2D eigenvalue weighted by Gasteiger charge is 2.27. The van der Waals surface area contributed by atoms with Crippen LogP contribution >= 0.6 is 11.3 Å². The number of aromatic hydroxyl groups is 1. The van der Waals surface area contributed by atoms with E-state index in [-0.39, 0.29) is 5.75 Å². The number of benzene rings is 6. The molecule has 0 bridgehead atoms. The molecule has 0 radical (unpaired) electrons. The van der Waals surface area contributed by atoms with Crippen LogP contribution in [0.25, 0.3) is 76.8 Å². The van der Waals surface area contributed by atoms with Crippen molar-refractivity contribution in [2.75, 3.05) is 0 Å². The Morgan fingerprint density at radius 3 is 1.45 bits per heavy atom. The molecule has 2 heterocycles. The first-order valence-corrected chi connectivity index (χ1v) is 15.6. The van der Waals surface area contributed by atoms with E-state index < -0.39 is 0 Å². The molecule has 0 fully saturated rings. The third-order valence-corrected chi connectivity index (χ3v) is 9.19. The molecule has 0 aliphatic carbocycles. The summed E-state index contributed by atoms with van der Waals surface area (Å²) in [5, 5.41) is 17.5. The minimum absolute atomic E-state index is 0.262. The monoisotopic (exact) mass is 581 g/mol. The number of phenols is 1. The number of aromatic nitrogens is 1. The van der Waals surface area contributed by atoms with E-state index in [0.717, 1.165) is 76.8 Å². The van der Waals surface area contributed by atoms with Gasteiger partial charge in [-0.05, 0) is 39.1 Å². The van der Waals surface area contributed by atoms with Crippen LogP contribution in [0.2, 0.25) is 0 Å². The first kappa shape index (κ1) is 26.1. The second-order valence-electron chi connectivity index (χ2n) is 10.8. The van der Waals surface area contributed by atoms with Gasteiger partial charge in [0, 0.05) is 27.5 Å². The van der Waals surface area contributed by atoms with Gasteiger partial charge >= 0.3 is 0 Å². The summed E-state index contributed by atoms with van der Waals surface area (Å²) in [6.45, 7) is 0. The first-order valence-electron chi connectivity index (χ1n) is 14.7. The molecule has 208 valence electrons. The van der Waals surface area contributed by atoms with E-state index in [0.29, 0.717) is 0 Å². The lowest BCUT2D eigenvalue weighted by Crippen LogP contribution is -1.99. The molecular formula is C41H27NOS. The smallest absolute Gasteiger partial charge is 0.143 e. The lowest BCUT2D eigenvalue weighted by Gasteiger charge is -2.22. The second-order valence-corrected chi connectivity index (χ2v) is 11.7. The summed E-state index contributed by atoms with van der Waals surface area (Å²) in [5.74, 6) is 0.262. The summed E-state index contributed by atoms with van der Waals surface area (Å²) in [7, 11) is 0. The van der Waals surface area contributed by atoms with Crippen molar-refractivity contribution >= 4 is 32.2 Å². The van der Waals surface area contributed by atoms with Crippen LogP contribution in [0.5, 0.6) is 5.75 Å². The van der Waals surface area contributed by atoms with Crippen molar-refractivity contribution in [1.82, 2.24) is 4.98 Å². The largest absolute Gasteiger partial charge is 0.506 e. The molecule has 0 saturated heterocycles. The van der Waals surface area contributed by atoms with Gasteiger partial charge < -0.3 is 5.11 Å². The molecule has 3 heteroatoms. The maximum Gasteiger partial charge on any atom is 0.143 e. The molecule has 8 rings (SSSR count). The molecule has 0 saturated carbocycles. The second kappa shape index (κ2) is 11.0. The van der Waals surface area contributed by atoms with Gasteiger partial charge in [-0.3, -0.25) is 0 Å². The molecule has 8 aromatic rings. The highest BCUT2D eigenvalue weighted by Crippen LogP contribution is 2.53. The van der Waals surface area contributed by atoms with Crippen molar-refractivity contribution in [2.24, 2.45) is 0 Å². The Hall–Kier alpha value is -5.51. The quantitative estimate of drug-likeness (QED) is 0.219. The molecule has 0 spiro atoms. The number of hydrogen-bond acceptors (Lipinski definition) is 3. The number of pyridine rings is 1. The number of nitrogens with zero attached hydrogens (tertiary/aromatic N) is 1. The Morgan fingerprint density at radius 1 is 0.386 bits per heavy atom. The predicted octanol–water partition coefficient (Wildman–Crippen LogP) is 11.5. The Labute approximate surface area is 260 Å². The average molecular weight is 582 g/mol. The minimum Gasteiger partial charge on any atom is -0.506 e. The van der Waals surface area contributed by atoms with Crippen molar-refractivity contribution in [1.29, 1.82) is 0 Å². The standard InChI is InChI=1S/C41H27NOS/c43-40-37(36(29-19-9-3-10-20-29)34(27-15-5-1-6-16-27)33-25-26-44-41(33)40)39-32-24-14-13-23-31(32)35(28-17-7-2-8-18-28)38(42-39)30-21-11-4-12-22-30/h1-26,43H. The zero-order valence-electron chi connectivity index (χ0n) is 23.8. The maximum absolute atomic E-state index is 12.3. The lowest BCUT2D eigenvalue weighted by molar-refractivity contribution is 0.484. The number of phenolic OH excluding ortho intramolecular Hbond substituents is 1. The van der Waals surface area contributed by atoms with Crippen molar-refractivity contribution < 1.29 is 5.11 Å². The van der Waals surface area contributed by atoms with Crippen LogP contribution in [-0.4, -0.2) is 10.1 Å². The molecular weight excluding hydrogens is 555 g/mol. The fourth-order valence-corrected chi connectivity index (χ4v) is 7.22. The van der Waals surface area contributed by atoms with Crippen LogP contribution in [0.15, 0.2) is 157 Å². The van der Waals surface area contributed by atoms with Gasteiger partial charge in [0.2, 0.25) is 0 Å². The fraction of sp³-hybridized carbons (Fsp3) is 0. The Morgan fingerprint density at radius 2 is 0.864 bits per heavy atom. The summed E-state index contributed by atoms with van der Waals surface area (Å²) in [5.41, 5.74) is 9.82. The van der Waals surface area contributed by atoms with Gasteiger partial charge in [0.15, 0.2) is 0 Å². The highest BCUT2D eigenvalue weighted by molar-refractivity contribution is 7.17. The number of rotatable bonds is 5. The van der Waals surface area contributed by atoms with Gasteiger partial charge in [0.25, 0.3) is 0 Å². The Balaban J connectivity index is 1.59. The summed E-state index contributed by atoms with van der Waals surface area (Å²) in [6, 6.07) is 52.3. The molecule has 0 amide bonds. The molecule has 0 aliphatic rings. The van der Waals surface area contributed by atoms with E-state index in [1.807, 2.05) is 24.3 Å². The normalized spacial score (nSPS) is 11.3. The molecule has 0 unspecified atom stereocenters. The van der Waals surface area contributed by atoms with E-state index in [9.17, 15) is 5.11 Å². The zero-order valence-corrected chi connectivity index (χ0v) is 24.6. The summed E-state index contributed by atoms with van der Waals surface area (Å²) < 4.78 is 0.859. The number of thiophene rings is 1. The van der Waals surface area contributed by atoms with Crippen molar-refractivity contribution in [3.8, 4) is 61.6 Å². The molecule has 2 aromatic heterocycles. The van der Waals surface area contributed by atoms with E-state index in [4.69, 9.17) is 4.98 Å². The van der Waals surface area contributed by atoms with Gasteiger partial charge in [-0.15, -0.1) is 11.3 Å². The molecule has 6 aromatic carbocycles. The van der Waals surface area contributed by atoms with Crippen LogP contribution in [0.3, 0.4) is 0 Å². The van der Waals surface area contributed by atoms with Gasteiger partial charge in [0.1, 0.15) is 5.75 Å². The molecule has 44 heavy (non-hydrogen) atoms. The third kappa shape index (κ3) is 4.29. The first-order chi connectivity index (χ1) is 21.8. The summed E-state index contributed by atoms with van der Waals surface area (Å²) in [6.07, 6.45) is 0. The van der Waals surface area contributed by atoms with Crippen LogP contribution in [0, 0.1) is 0 Å². The molecule has 2 nitrogen and oxygen atoms in total. The van der Waals surface area contributed by atoms with E-state index in [1.54, 1.807) is 11.3 Å². The molecule has 0 atom stereocenters. The zero-order chi connectivity index (χ0) is 29.5. The van der Waals surface area contributed by atoms with Crippen molar-refractivity contribution in [3.05, 3.63) is 157 Å². The van der Waals surface area contributed by atoms with E-state index in [1.165, 1.54) is 0 Å². The number of hydrogen-bond donors (Lipinski definition) is 1. The minimum atomic E-state index is 0.262. The van der Waals surface area contributed by atoms with Crippen molar-refractivity contribution in [3.63, 3.8) is 0 Å². The predicted molar refractivity (Wildman–Crippen MR) is 186 cm³/mol. The Kier molecular flexibility index (Phi) is 6.51. The SMILES string of the molecule is Oc1c(-c2nc(-c3ccccc3)c(-c3ccccc3)c3ccccc23)c(-c2ccccc2)c(-c2ccccc2)c2ccsc12.